The van der Waals surface area contributed by atoms with Crippen molar-refractivity contribution in [2.24, 2.45) is 0 Å². The fourth-order valence-electron chi connectivity index (χ4n) is 2.71. The van der Waals surface area contributed by atoms with Crippen LogP contribution in [0.4, 0.5) is 5.69 Å². The third kappa shape index (κ3) is 4.44. The molecule has 0 aliphatic carbocycles. The molecule has 116 valence electrons. The molecule has 1 saturated heterocycles. The van der Waals surface area contributed by atoms with Crippen molar-refractivity contribution in [2.75, 3.05) is 39.1 Å². The van der Waals surface area contributed by atoms with E-state index in [2.05, 4.69) is 15.5 Å². The second-order valence-corrected chi connectivity index (χ2v) is 5.65. The van der Waals surface area contributed by atoms with Crippen LogP contribution >= 0.6 is 0 Å². The van der Waals surface area contributed by atoms with Gasteiger partial charge in [0.1, 0.15) is 5.75 Å². The zero-order chi connectivity index (χ0) is 15.2. The van der Waals surface area contributed by atoms with E-state index in [4.69, 9.17) is 4.74 Å². The number of carbonyl (C=O) groups is 1. The van der Waals surface area contributed by atoms with Crippen molar-refractivity contribution in [1.82, 2.24) is 10.2 Å². The van der Waals surface area contributed by atoms with Gasteiger partial charge in [-0.15, -0.1) is 0 Å². The number of hydrogen-bond donors (Lipinski definition) is 2. The molecule has 0 bridgehead atoms. The second kappa shape index (κ2) is 7.43. The van der Waals surface area contributed by atoms with Crippen LogP contribution in [0.1, 0.15) is 18.4 Å². The fourth-order valence-corrected chi connectivity index (χ4v) is 2.71. The number of methoxy groups -OCH3 is 1. The highest BCUT2D eigenvalue weighted by atomic mass is 16.5. The second-order valence-electron chi connectivity index (χ2n) is 5.65. The summed E-state index contributed by atoms with van der Waals surface area (Å²) in [6.07, 6.45) is 2.19. The summed E-state index contributed by atoms with van der Waals surface area (Å²) in [5.41, 5.74) is 1.83. The van der Waals surface area contributed by atoms with Crippen LogP contribution in [0.2, 0.25) is 0 Å². The molecule has 0 spiro atoms. The molecule has 0 radical (unpaired) electrons. The van der Waals surface area contributed by atoms with Crippen molar-refractivity contribution in [3.8, 4) is 5.75 Å². The maximum Gasteiger partial charge on any atom is 0.238 e. The summed E-state index contributed by atoms with van der Waals surface area (Å²) in [5.74, 6) is 0.693. The summed E-state index contributed by atoms with van der Waals surface area (Å²) in [4.78, 5) is 14.4. The van der Waals surface area contributed by atoms with Crippen LogP contribution in [0, 0.1) is 6.92 Å². The van der Waals surface area contributed by atoms with Crippen molar-refractivity contribution in [1.29, 1.82) is 0 Å². The number of ether oxygens (including phenoxy) is 1. The first-order valence-corrected chi connectivity index (χ1v) is 7.45. The minimum absolute atomic E-state index is 0.0000624. The van der Waals surface area contributed by atoms with Crippen LogP contribution in [0.5, 0.6) is 5.75 Å². The zero-order valence-electron chi connectivity index (χ0n) is 13.1. The number of amides is 1. The largest absolute Gasteiger partial charge is 0.495 e. The number of anilines is 1. The Balaban J connectivity index is 1.93. The predicted octanol–water partition coefficient (Wildman–Crippen LogP) is 1.63. The van der Waals surface area contributed by atoms with Crippen LogP contribution in [-0.4, -0.2) is 50.6 Å². The molecule has 1 aliphatic heterocycles. The number of piperidine rings is 1. The topological polar surface area (TPSA) is 53.6 Å². The Morgan fingerprint density at radius 1 is 1.43 bits per heavy atom. The molecule has 0 atom stereocenters. The van der Waals surface area contributed by atoms with Gasteiger partial charge in [-0.2, -0.15) is 0 Å². The van der Waals surface area contributed by atoms with E-state index in [1.165, 1.54) is 0 Å². The maximum atomic E-state index is 12.2. The van der Waals surface area contributed by atoms with Crippen LogP contribution in [-0.2, 0) is 4.79 Å². The molecule has 0 unspecified atom stereocenters. The van der Waals surface area contributed by atoms with Crippen molar-refractivity contribution < 1.29 is 9.53 Å². The van der Waals surface area contributed by atoms with E-state index in [0.29, 0.717) is 18.3 Å². The third-order valence-corrected chi connectivity index (χ3v) is 3.95. The lowest BCUT2D eigenvalue weighted by atomic mass is 10.1. The molecule has 1 aromatic carbocycles. The Morgan fingerprint density at radius 3 is 2.81 bits per heavy atom. The third-order valence-electron chi connectivity index (χ3n) is 3.95. The van der Waals surface area contributed by atoms with Crippen LogP contribution in [0.25, 0.3) is 0 Å². The van der Waals surface area contributed by atoms with Gasteiger partial charge in [-0.25, -0.2) is 0 Å². The quantitative estimate of drug-likeness (QED) is 0.866. The molecule has 2 N–H and O–H groups in total. The average molecular weight is 291 g/mol. The normalized spacial score (nSPS) is 16.0. The average Bonchev–Trinajstić information content (AvgIpc) is 2.48. The summed E-state index contributed by atoms with van der Waals surface area (Å²) in [7, 11) is 3.63. The van der Waals surface area contributed by atoms with Gasteiger partial charge in [0.25, 0.3) is 0 Å². The smallest absolute Gasteiger partial charge is 0.238 e. The number of nitrogens with zero attached hydrogens (tertiary/aromatic N) is 1. The molecule has 1 amide bonds. The highest BCUT2D eigenvalue weighted by Crippen LogP contribution is 2.25. The molecule has 1 aromatic rings. The molecule has 2 rings (SSSR count). The Kier molecular flexibility index (Phi) is 5.59. The van der Waals surface area contributed by atoms with Gasteiger partial charge in [0.15, 0.2) is 0 Å². The Bertz CT molecular complexity index is 484. The maximum absolute atomic E-state index is 12.2. The van der Waals surface area contributed by atoms with E-state index in [1.54, 1.807) is 7.11 Å². The SMILES string of the molecule is COc1ccc(C)cc1NC(=O)CN(C)C1CCNCC1. The Hall–Kier alpha value is -1.59. The van der Waals surface area contributed by atoms with Gasteiger partial charge in [0.05, 0.1) is 19.3 Å². The minimum atomic E-state index is -0.0000624. The Labute approximate surface area is 126 Å². The highest BCUT2D eigenvalue weighted by Gasteiger charge is 2.20. The number of hydrogen-bond acceptors (Lipinski definition) is 4. The first-order valence-electron chi connectivity index (χ1n) is 7.45. The highest BCUT2D eigenvalue weighted by molar-refractivity contribution is 5.93. The first kappa shape index (κ1) is 15.8. The van der Waals surface area contributed by atoms with Crippen molar-refractivity contribution >= 4 is 11.6 Å². The van der Waals surface area contributed by atoms with Crippen molar-refractivity contribution in [3.63, 3.8) is 0 Å². The van der Waals surface area contributed by atoms with Crippen LogP contribution in [0.3, 0.4) is 0 Å². The van der Waals surface area contributed by atoms with Gasteiger partial charge >= 0.3 is 0 Å². The molecule has 5 heteroatoms. The van der Waals surface area contributed by atoms with E-state index in [0.717, 1.165) is 37.2 Å². The molecule has 1 aliphatic rings. The fraction of sp³-hybridized carbons (Fsp3) is 0.562. The van der Waals surface area contributed by atoms with Gasteiger partial charge < -0.3 is 15.4 Å². The van der Waals surface area contributed by atoms with E-state index in [1.807, 2.05) is 32.2 Å². The van der Waals surface area contributed by atoms with Crippen LogP contribution in [0.15, 0.2) is 18.2 Å². The van der Waals surface area contributed by atoms with E-state index >= 15 is 0 Å². The van der Waals surface area contributed by atoms with E-state index in [-0.39, 0.29) is 5.91 Å². The summed E-state index contributed by atoms with van der Waals surface area (Å²) in [6.45, 7) is 4.46. The first-order chi connectivity index (χ1) is 10.1. The van der Waals surface area contributed by atoms with Gasteiger partial charge in [0.2, 0.25) is 5.91 Å². The molecular formula is C16H25N3O2. The van der Waals surface area contributed by atoms with E-state index < -0.39 is 0 Å². The standard InChI is InChI=1S/C16H25N3O2/c1-12-4-5-15(21-3)14(10-12)18-16(20)11-19(2)13-6-8-17-9-7-13/h4-5,10,13,17H,6-9,11H2,1-3H3,(H,18,20). The number of benzene rings is 1. The molecular weight excluding hydrogens is 266 g/mol. The molecule has 1 heterocycles. The number of likely N-dealkylation sites (N-methyl/N-ethyl adjacent to an activating group) is 1. The van der Waals surface area contributed by atoms with Gasteiger partial charge in [-0.05, 0) is 57.6 Å². The number of rotatable bonds is 5. The van der Waals surface area contributed by atoms with Gasteiger partial charge in [-0.3, -0.25) is 9.69 Å². The lowest BCUT2D eigenvalue weighted by Crippen LogP contribution is -2.44. The predicted molar refractivity (Wildman–Crippen MR) is 84.9 cm³/mol. The monoisotopic (exact) mass is 291 g/mol. The molecule has 21 heavy (non-hydrogen) atoms. The minimum Gasteiger partial charge on any atom is -0.495 e. The molecule has 1 fully saturated rings. The Morgan fingerprint density at radius 2 is 2.14 bits per heavy atom. The molecule has 5 nitrogen and oxygen atoms in total. The summed E-state index contributed by atoms with van der Waals surface area (Å²) >= 11 is 0. The van der Waals surface area contributed by atoms with E-state index in [9.17, 15) is 4.79 Å². The number of carbonyl (C=O) groups excluding carboxylic acids is 1. The molecule has 0 aromatic heterocycles. The van der Waals surface area contributed by atoms with Crippen LogP contribution < -0.4 is 15.4 Å². The summed E-state index contributed by atoms with van der Waals surface area (Å²) in [5, 5.41) is 6.29. The molecule has 0 saturated carbocycles. The number of aryl methyl sites for hydroxylation is 1. The lowest BCUT2D eigenvalue weighted by Gasteiger charge is -2.31. The van der Waals surface area contributed by atoms with Gasteiger partial charge in [-0.1, -0.05) is 6.07 Å². The van der Waals surface area contributed by atoms with Crippen molar-refractivity contribution in [3.05, 3.63) is 23.8 Å². The lowest BCUT2D eigenvalue weighted by molar-refractivity contribution is -0.117. The number of nitrogens with one attached hydrogen (secondary N) is 2. The summed E-state index contributed by atoms with van der Waals surface area (Å²) in [6, 6.07) is 6.26. The van der Waals surface area contributed by atoms with Crippen molar-refractivity contribution in [2.45, 2.75) is 25.8 Å². The summed E-state index contributed by atoms with van der Waals surface area (Å²) < 4.78 is 5.29. The van der Waals surface area contributed by atoms with Gasteiger partial charge in [0, 0.05) is 6.04 Å². The zero-order valence-corrected chi connectivity index (χ0v) is 13.1.